The Balaban J connectivity index is 2.59. The molecule has 1 rings (SSSR count). The molecule has 18 heavy (non-hydrogen) atoms. The van der Waals surface area contributed by atoms with Gasteiger partial charge in [-0.1, -0.05) is 12.1 Å². The lowest BCUT2D eigenvalue weighted by Crippen LogP contribution is -2.32. The third-order valence-corrected chi connectivity index (χ3v) is 3.08. The monoisotopic (exact) mass is 291 g/mol. The highest BCUT2D eigenvalue weighted by Gasteiger charge is 2.12. The maximum absolute atomic E-state index is 10.7. The van der Waals surface area contributed by atoms with E-state index in [1.807, 2.05) is 0 Å². The van der Waals surface area contributed by atoms with E-state index in [0.717, 1.165) is 5.56 Å². The number of hydrogen-bond acceptors (Lipinski definition) is 3. The number of hydrogen-bond donors (Lipinski definition) is 2. The van der Waals surface area contributed by atoms with Gasteiger partial charge in [0.1, 0.15) is 18.4 Å². The number of benzene rings is 1. The molecule has 3 N–H and O–H groups in total. The van der Waals surface area contributed by atoms with Gasteiger partial charge in [-0.25, -0.2) is 0 Å². The Hall–Kier alpha value is -0.970. The number of halogens is 2. The quantitative estimate of drug-likeness (QED) is 0.752. The van der Waals surface area contributed by atoms with E-state index in [9.17, 15) is 4.79 Å². The second-order valence-corrected chi connectivity index (χ2v) is 4.78. The summed E-state index contributed by atoms with van der Waals surface area (Å²) in [4.78, 5) is 10.7. The van der Waals surface area contributed by atoms with E-state index in [4.69, 9.17) is 38.8 Å². The Kier molecular flexibility index (Phi) is 6.25. The zero-order valence-electron chi connectivity index (χ0n) is 9.68. The highest BCUT2D eigenvalue weighted by atomic mass is 35.5. The summed E-state index contributed by atoms with van der Waals surface area (Å²) in [6, 6.07) is 6.19. The van der Waals surface area contributed by atoms with Gasteiger partial charge in [0.15, 0.2) is 0 Å². The number of carboxylic acids is 1. The summed E-state index contributed by atoms with van der Waals surface area (Å²) < 4.78 is 5.44. The number of alkyl halides is 2. The molecule has 0 spiro atoms. The molecule has 4 nitrogen and oxygen atoms in total. The normalized spacial score (nSPS) is 13.9. The first-order valence-corrected chi connectivity index (χ1v) is 6.40. The van der Waals surface area contributed by atoms with Crippen molar-refractivity contribution >= 4 is 29.2 Å². The number of carbonyl (C=O) groups is 1. The first kappa shape index (κ1) is 15.1. The predicted molar refractivity (Wildman–Crippen MR) is 71.6 cm³/mol. The summed E-state index contributed by atoms with van der Waals surface area (Å²) in [7, 11) is 0. The van der Waals surface area contributed by atoms with Gasteiger partial charge in [0, 0.05) is 5.88 Å². The van der Waals surface area contributed by atoms with Crippen LogP contribution in [0.3, 0.4) is 0 Å². The van der Waals surface area contributed by atoms with Gasteiger partial charge in [-0.3, -0.25) is 4.79 Å². The largest absolute Gasteiger partial charge is 0.492 e. The maximum Gasteiger partial charge on any atom is 0.320 e. The van der Waals surface area contributed by atoms with Crippen LogP contribution in [0.5, 0.6) is 5.75 Å². The third kappa shape index (κ3) is 5.12. The van der Waals surface area contributed by atoms with E-state index >= 15 is 0 Å². The number of carboxylic acid groups (broad SMARTS) is 1. The van der Waals surface area contributed by atoms with Crippen molar-refractivity contribution in [1.82, 2.24) is 0 Å². The molecule has 0 heterocycles. The molecule has 0 amide bonds. The van der Waals surface area contributed by atoms with Gasteiger partial charge in [0.25, 0.3) is 0 Å². The van der Waals surface area contributed by atoms with E-state index < -0.39 is 12.0 Å². The van der Waals surface area contributed by atoms with Crippen molar-refractivity contribution in [2.45, 2.75) is 17.8 Å². The minimum absolute atomic E-state index is 0.253. The van der Waals surface area contributed by atoms with Crippen LogP contribution in [-0.4, -0.2) is 35.0 Å². The first-order valence-electron chi connectivity index (χ1n) is 5.43. The molecule has 0 aliphatic carbocycles. The lowest BCUT2D eigenvalue weighted by Gasteiger charge is -2.11. The zero-order valence-corrected chi connectivity index (χ0v) is 11.2. The summed E-state index contributed by atoms with van der Waals surface area (Å²) in [5.41, 5.74) is 6.27. The van der Waals surface area contributed by atoms with Crippen molar-refractivity contribution in [3.63, 3.8) is 0 Å². The second-order valence-electron chi connectivity index (χ2n) is 3.86. The minimum atomic E-state index is -1.02. The van der Waals surface area contributed by atoms with Crippen molar-refractivity contribution in [3.05, 3.63) is 29.8 Å². The number of rotatable bonds is 7. The van der Waals surface area contributed by atoms with E-state index in [1.54, 1.807) is 24.3 Å². The summed E-state index contributed by atoms with van der Waals surface area (Å²) in [6.45, 7) is 0.305. The maximum atomic E-state index is 10.7. The Morgan fingerprint density at radius 1 is 1.50 bits per heavy atom. The summed E-state index contributed by atoms with van der Waals surface area (Å²) in [5.74, 6) is -0.0874. The number of aliphatic carboxylic acids is 1. The SMILES string of the molecule is NC(Cc1cccc(OCC(Cl)CCl)c1)C(=O)O. The van der Waals surface area contributed by atoms with Crippen LogP contribution in [0.25, 0.3) is 0 Å². The predicted octanol–water partition coefficient (Wildman–Crippen LogP) is 1.87. The first-order chi connectivity index (χ1) is 8.52. The molecule has 1 aromatic carbocycles. The molecule has 0 aliphatic heterocycles. The van der Waals surface area contributed by atoms with E-state index in [2.05, 4.69) is 0 Å². The molecular formula is C12H15Cl2NO3. The van der Waals surface area contributed by atoms with Gasteiger partial charge < -0.3 is 15.6 Å². The van der Waals surface area contributed by atoms with Crippen molar-refractivity contribution in [3.8, 4) is 5.75 Å². The number of nitrogens with two attached hydrogens (primary N) is 1. The van der Waals surface area contributed by atoms with Crippen LogP contribution in [0.15, 0.2) is 24.3 Å². The Bertz CT molecular complexity index is 401. The second kappa shape index (κ2) is 7.46. The van der Waals surface area contributed by atoms with Gasteiger partial charge in [0.05, 0.1) is 5.38 Å². The van der Waals surface area contributed by atoms with E-state index in [-0.39, 0.29) is 11.8 Å². The Labute approximate surface area is 116 Å². The van der Waals surface area contributed by atoms with Crippen molar-refractivity contribution in [1.29, 1.82) is 0 Å². The fraction of sp³-hybridized carbons (Fsp3) is 0.417. The van der Waals surface area contributed by atoms with Gasteiger partial charge in [0.2, 0.25) is 0 Å². The van der Waals surface area contributed by atoms with Crippen molar-refractivity contribution in [2.24, 2.45) is 5.73 Å². The minimum Gasteiger partial charge on any atom is -0.492 e. The van der Waals surface area contributed by atoms with Gasteiger partial charge in [-0.2, -0.15) is 0 Å². The lowest BCUT2D eigenvalue weighted by molar-refractivity contribution is -0.138. The van der Waals surface area contributed by atoms with Gasteiger partial charge in [-0.05, 0) is 24.1 Å². The Morgan fingerprint density at radius 2 is 2.22 bits per heavy atom. The molecule has 0 aromatic heterocycles. The molecule has 0 aliphatic rings. The molecule has 0 fully saturated rings. The van der Waals surface area contributed by atoms with Crippen molar-refractivity contribution in [2.75, 3.05) is 12.5 Å². The van der Waals surface area contributed by atoms with Crippen LogP contribution in [0.1, 0.15) is 5.56 Å². The van der Waals surface area contributed by atoms with Crippen LogP contribution < -0.4 is 10.5 Å². The average Bonchev–Trinajstić information content (AvgIpc) is 2.36. The topological polar surface area (TPSA) is 72.5 Å². The molecule has 0 saturated carbocycles. The zero-order chi connectivity index (χ0) is 13.5. The number of ether oxygens (including phenoxy) is 1. The molecule has 1 aromatic rings. The van der Waals surface area contributed by atoms with Gasteiger partial charge in [-0.15, -0.1) is 23.2 Å². The molecule has 2 unspecified atom stereocenters. The van der Waals surface area contributed by atoms with Crippen LogP contribution in [0.2, 0.25) is 0 Å². The summed E-state index contributed by atoms with van der Waals surface area (Å²) >= 11 is 11.4. The van der Waals surface area contributed by atoms with Crippen LogP contribution >= 0.6 is 23.2 Å². The third-order valence-electron chi connectivity index (χ3n) is 2.27. The highest BCUT2D eigenvalue weighted by Crippen LogP contribution is 2.15. The molecule has 2 atom stereocenters. The highest BCUT2D eigenvalue weighted by molar-refractivity contribution is 6.28. The molecule has 0 bridgehead atoms. The van der Waals surface area contributed by atoms with Crippen molar-refractivity contribution < 1.29 is 14.6 Å². The molecular weight excluding hydrogens is 277 g/mol. The fourth-order valence-electron chi connectivity index (χ4n) is 1.33. The van der Waals surface area contributed by atoms with Crippen LogP contribution in [-0.2, 0) is 11.2 Å². The Morgan fingerprint density at radius 3 is 2.83 bits per heavy atom. The van der Waals surface area contributed by atoms with Gasteiger partial charge >= 0.3 is 5.97 Å². The summed E-state index contributed by atoms with van der Waals surface area (Å²) in [5, 5.41) is 8.48. The summed E-state index contributed by atoms with van der Waals surface area (Å²) in [6.07, 6.45) is 0.256. The van der Waals surface area contributed by atoms with Crippen LogP contribution in [0, 0.1) is 0 Å². The molecule has 6 heteroatoms. The van der Waals surface area contributed by atoms with Crippen LogP contribution in [0.4, 0.5) is 0 Å². The van der Waals surface area contributed by atoms with E-state index in [0.29, 0.717) is 18.2 Å². The average molecular weight is 292 g/mol. The standard InChI is InChI=1S/C12H15Cl2NO3/c13-6-9(14)7-18-10-3-1-2-8(4-10)5-11(15)12(16)17/h1-4,9,11H,5-7,15H2,(H,16,17). The molecule has 0 saturated heterocycles. The molecule has 0 radical (unpaired) electrons. The van der Waals surface area contributed by atoms with E-state index in [1.165, 1.54) is 0 Å². The molecule has 100 valence electrons. The lowest BCUT2D eigenvalue weighted by atomic mass is 10.1. The smallest absolute Gasteiger partial charge is 0.320 e. The fourth-order valence-corrected chi connectivity index (χ4v) is 1.49.